The number of rotatable bonds is 6. The minimum absolute atomic E-state index is 0.0951. The Hall–Kier alpha value is -3.56. The number of ether oxygens (including phenoxy) is 1. The van der Waals surface area contributed by atoms with Crippen molar-refractivity contribution in [3.63, 3.8) is 0 Å². The Labute approximate surface area is 196 Å². The summed E-state index contributed by atoms with van der Waals surface area (Å²) < 4.78 is 20.5. The summed E-state index contributed by atoms with van der Waals surface area (Å²) in [6.07, 6.45) is 0. The van der Waals surface area contributed by atoms with Crippen LogP contribution in [0, 0.1) is 5.82 Å². The molecule has 1 atom stereocenters. The topological polar surface area (TPSA) is 79.7 Å². The summed E-state index contributed by atoms with van der Waals surface area (Å²) in [5.74, 6) is -1.73. The van der Waals surface area contributed by atoms with Crippen LogP contribution in [-0.2, 0) is 4.79 Å². The van der Waals surface area contributed by atoms with E-state index in [1.807, 2.05) is 13.0 Å². The van der Waals surface area contributed by atoms with Crippen molar-refractivity contribution in [1.29, 1.82) is 0 Å². The molecule has 5 rings (SSSR count). The average Bonchev–Trinajstić information content (AvgIpc) is 3.52. The van der Waals surface area contributed by atoms with E-state index in [1.54, 1.807) is 35.7 Å². The quantitative estimate of drug-likeness (QED) is 0.359. The molecule has 2 aromatic carbocycles. The zero-order valence-corrected chi connectivity index (χ0v) is 19.0. The first-order chi connectivity index (χ1) is 16.0. The lowest BCUT2D eigenvalue weighted by atomic mass is 9.95. The number of hydrogen-bond donors (Lipinski definition) is 1. The number of nitrogens with zero attached hydrogens (tertiary/aromatic N) is 2. The Bertz CT molecular complexity index is 1410. The fourth-order valence-electron chi connectivity index (χ4n) is 3.82. The number of carbonyl (C=O) groups excluding carboxylic acids is 2. The predicted octanol–water partition coefficient (Wildman–Crippen LogP) is 5.68. The maximum atomic E-state index is 14.1. The molecule has 0 unspecified atom stereocenters. The van der Waals surface area contributed by atoms with E-state index >= 15 is 0 Å². The number of carbonyl (C=O) groups is 2. The summed E-state index contributed by atoms with van der Waals surface area (Å²) in [6, 6.07) is 13.4. The van der Waals surface area contributed by atoms with Crippen LogP contribution in [0.15, 0.2) is 71.3 Å². The number of halogens is 1. The van der Waals surface area contributed by atoms with Crippen LogP contribution in [0.3, 0.4) is 0 Å². The number of amides is 1. The van der Waals surface area contributed by atoms with Gasteiger partial charge in [0.1, 0.15) is 11.6 Å². The van der Waals surface area contributed by atoms with E-state index in [4.69, 9.17) is 4.74 Å². The molecule has 0 radical (unpaired) electrons. The van der Waals surface area contributed by atoms with Crippen LogP contribution in [0.1, 0.15) is 28.2 Å². The number of benzene rings is 2. The molecule has 0 saturated heterocycles. The largest absolute Gasteiger partial charge is 0.503 e. The fraction of sp³-hybridized carbons (Fsp3) is 0.125. The van der Waals surface area contributed by atoms with E-state index < -0.39 is 29.3 Å². The van der Waals surface area contributed by atoms with Crippen molar-refractivity contribution in [3.05, 3.63) is 87.6 Å². The Balaban J connectivity index is 1.65. The zero-order valence-electron chi connectivity index (χ0n) is 17.3. The first-order valence-electron chi connectivity index (χ1n) is 10.1. The Morgan fingerprint density at radius 1 is 1.21 bits per heavy atom. The molecule has 0 bridgehead atoms. The number of anilines is 1. The second kappa shape index (κ2) is 8.42. The summed E-state index contributed by atoms with van der Waals surface area (Å²) in [4.78, 5) is 32.7. The van der Waals surface area contributed by atoms with Crippen molar-refractivity contribution in [1.82, 2.24) is 4.98 Å². The molecule has 9 heteroatoms. The van der Waals surface area contributed by atoms with Crippen LogP contribution in [-0.4, -0.2) is 28.4 Å². The highest BCUT2D eigenvalue weighted by molar-refractivity contribution is 7.22. The summed E-state index contributed by atoms with van der Waals surface area (Å²) in [7, 11) is 0. The summed E-state index contributed by atoms with van der Waals surface area (Å²) >= 11 is 2.43. The molecule has 1 amide bonds. The Kier molecular flexibility index (Phi) is 5.43. The third-order valence-electron chi connectivity index (χ3n) is 5.23. The molecule has 3 heterocycles. The van der Waals surface area contributed by atoms with Crippen molar-refractivity contribution in [2.75, 3.05) is 11.5 Å². The SMILES string of the molecule is CCOc1ccc2nc(N3C(=O)C(O)=C(C(=O)c4cccs4)[C@@H]3c3cccc(F)c3)sc2c1. The normalized spacial score (nSPS) is 16.1. The highest BCUT2D eigenvalue weighted by Gasteiger charge is 2.46. The van der Waals surface area contributed by atoms with Gasteiger partial charge in [-0.25, -0.2) is 9.37 Å². The lowest BCUT2D eigenvalue weighted by molar-refractivity contribution is -0.117. The smallest absolute Gasteiger partial charge is 0.296 e. The van der Waals surface area contributed by atoms with Crippen LogP contribution in [0.25, 0.3) is 10.2 Å². The van der Waals surface area contributed by atoms with E-state index in [0.29, 0.717) is 33.4 Å². The van der Waals surface area contributed by atoms with Crippen molar-refractivity contribution >= 4 is 49.7 Å². The van der Waals surface area contributed by atoms with Crippen molar-refractivity contribution in [2.45, 2.75) is 13.0 Å². The van der Waals surface area contributed by atoms with Gasteiger partial charge in [-0.05, 0) is 54.3 Å². The lowest BCUT2D eigenvalue weighted by Crippen LogP contribution is -2.31. The minimum atomic E-state index is -1.02. The van der Waals surface area contributed by atoms with Crippen molar-refractivity contribution in [2.24, 2.45) is 0 Å². The van der Waals surface area contributed by atoms with Gasteiger partial charge in [-0.2, -0.15) is 0 Å². The Morgan fingerprint density at radius 2 is 2.06 bits per heavy atom. The molecular formula is C24H17FN2O4S2. The molecule has 6 nitrogen and oxygen atoms in total. The van der Waals surface area contributed by atoms with Gasteiger partial charge >= 0.3 is 0 Å². The van der Waals surface area contributed by atoms with Crippen LogP contribution < -0.4 is 9.64 Å². The molecule has 4 aromatic rings. The number of aliphatic hydroxyl groups is 1. The minimum Gasteiger partial charge on any atom is -0.503 e. The number of thiazole rings is 1. The van der Waals surface area contributed by atoms with Gasteiger partial charge in [-0.3, -0.25) is 14.5 Å². The molecular weight excluding hydrogens is 463 g/mol. The summed E-state index contributed by atoms with van der Waals surface area (Å²) in [5.41, 5.74) is 0.908. The number of thiophene rings is 1. The average molecular weight is 481 g/mol. The molecule has 0 spiro atoms. The standard InChI is InChI=1S/C24H17FN2O4S2/c1-2-31-15-8-9-16-18(12-15)33-24(26-16)27-20(13-5-3-6-14(25)11-13)19(22(29)23(27)30)21(28)17-7-4-10-32-17/h3-12,20,29H,2H2,1H3/t20-/m0/s1. The van der Waals surface area contributed by atoms with E-state index in [9.17, 15) is 19.1 Å². The van der Waals surface area contributed by atoms with Crippen molar-refractivity contribution in [3.8, 4) is 5.75 Å². The van der Waals surface area contributed by atoms with Crippen LogP contribution >= 0.6 is 22.7 Å². The maximum Gasteiger partial charge on any atom is 0.296 e. The summed E-state index contributed by atoms with van der Waals surface area (Å²) in [6.45, 7) is 2.39. The number of aliphatic hydroxyl groups excluding tert-OH is 1. The molecule has 0 saturated carbocycles. The van der Waals surface area contributed by atoms with Crippen molar-refractivity contribution < 1.29 is 23.8 Å². The van der Waals surface area contributed by atoms with E-state index in [1.165, 1.54) is 45.8 Å². The van der Waals surface area contributed by atoms with Crippen LogP contribution in [0.4, 0.5) is 9.52 Å². The molecule has 166 valence electrons. The molecule has 0 aliphatic carbocycles. The van der Waals surface area contributed by atoms with Gasteiger partial charge in [0, 0.05) is 0 Å². The van der Waals surface area contributed by atoms with Gasteiger partial charge < -0.3 is 9.84 Å². The number of aromatic nitrogens is 1. The molecule has 0 fully saturated rings. The van der Waals surface area contributed by atoms with Gasteiger partial charge in [0.25, 0.3) is 5.91 Å². The van der Waals surface area contributed by atoms with E-state index in [0.717, 1.165) is 4.70 Å². The monoisotopic (exact) mass is 480 g/mol. The van der Waals surface area contributed by atoms with Gasteiger partial charge in [-0.1, -0.05) is 29.5 Å². The third-order valence-corrected chi connectivity index (χ3v) is 7.11. The molecule has 33 heavy (non-hydrogen) atoms. The third kappa shape index (κ3) is 3.69. The Morgan fingerprint density at radius 3 is 2.79 bits per heavy atom. The summed E-state index contributed by atoms with van der Waals surface area (Å²) in [5, 5.41) is 12.8. The molecule has 1 aliphatic rings. The van der Waals surface area contributed by atoms with Crippen LogP contribution in [0.5, 0.6) is 5.75 Å². The van der Waals surface area contributed by atoms with Crippen LogP contribution in [0.2, 0.25) is 0 Å². The number of hydrogen-bond acceptors (Lipinski definition) is 7. The van der Waals surface area contributed by atoms with Gasteiger partial charge in [-0.15, -0.1) is 11.3 Å². The van der Waals surface area contributed by atoms with Gasteiger partial charge in [0.2, 0.25) is 5.78 Å². The maximum absolute atomic E-state index is 14.1. The molecule has 1 aliphatic heterocycles. The molecule has 2 aromatic heterocycles. The zero-order chi connectivity index (χ0) is 23.1. The van der Waals surface area contributed by atoms with E-state index in [-0.39, 0.29) is 5.57 Å². The highest BCUT2D eigenvalue weighted by atomic mass is 32.1. The number of ketones is 1. The first-order valence-corrected chi connectivity index (χ1v) is 11.8. The number of fused-ring (bicyclic) bond motifs is 1. The van der Waals surface area contributed by atoms with Gasteiger partial charge in [0.15, 0.2) is 10.9 Å². The predicted molar refractivity (Wildman–Crippen MR) is 126 cm³/mol. The second-order valence-corrected chi connectivity index (χ2v) is 9.22. The fourth-order valence-corrected chi connectivity index (χ4v) is 5.52. The lowest BCUT2D eigenvalue weighted by Gasteiger charge is -2.24. The van der Waals surface area contributed by atoms with Gasteiger partial charge in [0.05, 0.1) is 33.3 Å². The molecule has 1 N–H and O–H groups in total. The highest BCUT2D eigenvalue weighted by Crippen LogP contribution is 2.44. The second-order valence-electron chi connectivity index (χ2n) is 7.26. The first kappa shape index (κ1) is 21.3. The van der Waals surface area contributed by atoms with E-state index in [2.05, 4.69) is 4.98 Å². The number of Topliss-reactive ketones (excluding diaryl/α,β-unsaturated/α-hetero) is 1.